The van der Waals surface area contributed by atoms with E-state index in [1.165, 1.54) is 18.7 Å². The van der Waals surface area contributed by atoms with Gasteiger partial charge in [-0.3, -0.25) is 0 Å². The molecule has 0 aliphatic rings. The monoisotopic (exact) mass is 193 g/mol. The summed E-state index contributed by atoms with van der Waals surface area (Å²) in [5.74, 6) is 0. The summed E-state index contributed by atoms with van der Waals surface area (Å²) in [5, 5.41) is 0.571. The summed E-state index contributed by atoms with van der Waals surface area (Å²) in [5.41, 5.74) is 0. The molecule has 0 saturated carbocycles. The first-order valence-corrected chi connectivity index (χ1v) is 8.37. The number of hydrogen-bond donors (Lipinski definition) is 0. The lowest BCUT2D eigenvalue weighted by molar-refractivity contribution is 0.665. The van der Waals surface area contributed by atoms with Crippen LogP contribution in [0.4, 0.5) is 0 Å². The van der Waals surface area contributed by atoms with Crippen molar-refractivity contribution in [3.63, 3.8) is 0 Å². The Bertz CT molecular complexity index is 115. The van der Waals surface area contributed by atoms with Crippen LogP contribution in [0.5, 0.6) is 0 Å². The third-order valence-electron chi connectivity index (χ3n) is 3.20. The van der Waals surface area contributed by atoms with Crippen LogP contribution in [0.25, 0.3) is 0 Å². The second kappa shape index (κ2) is 4.20. The first-order valence-electron chi connectivity index (χ1n) is 4.59. The largest absolute Gasteiger partial charge is 0.0758 e. The van der Waals surface area contributed by atoms with E-state index < -0.39 is 6.95 Å². The van der Waals surface area contributed by atoms with Crippen LogP contribution >= 0.6 is 15.9 Å². The van der Waals surface area contributed by atoms with Gasteiger partial charge in [-0.1, -0.05) is 6.92 Å². The van der Waals surface area contributed by atoms with Crippen LogP contribution in [0.15, 0.2) is 0 Å². The molecule has 0 bridgehead atoms. The van der Waals surface area contributed by atoms with Crippen LogP contribution in [0.1, 0.15) is 41.0 Å². The topological polar surface area (TPSA) is 0 Å². The highest BCUT2D eigenvalue weighted by Crippen LogP contribution is 2.75. The van der Waals surface area contributed by atoms with Gasteiger partial charge < -0.3 is 0 Å². The minimum atomic E-state index is -0.717. The summed E-state index contributed by atoms with van der Waals surface area (Å²) in [4.78, 5) is 0. The molecule has 0 heterocycles. The third-order valence-corrected chi connectivity index (χ3v) is 12.5. The molecule has 0 aromatic carbocycles. The van der Waals surface area contributed by atoms with E-state index in [2.05, 4.69) is 43.5 Å². The lowest BCUT2D eigenvalue weighted by Crippen LogP contribution is -2.22. The summed E-state index contributed by atoms with van der Waals surface area (Å²) in [6.07, 6.45) is 4.05. The first-order chi connectivity index (χ1) is 4.93. The standard InChI is InChI=1S/C9H23P2/c1-6-9(4,5)11(10,7-2)8-3/h6-8,10H2,1-5H3/q+1. The Morgan fingerprint density at radius 3 is 1.55 bits per heavy atom. The van der Waals surface area contributed by atoms with Gasteiger partial charge in [-0.15, -0.1) is 0 Å². The molecule has 1 unspecified atom stereocenters. The molecule has 0 aliphatic carbocycles. The van der Waals surface area contributed by atoms with E-state index in [1.54, 1.807) is 0 Å². The molecule has 0 spiro atoms. The first kappa shape index (κ1) is 11.9. The van der Waals surface area contributed by atoms with Gasteiger partial charge in [0.1, 0.15) is 0 Å². The maximum atomic E-state index is 3.17. The zero-order valence-electron chi connectivity index (χ0n) is 8.65. The van der Waals surface area contributed by atoms with Crippen LogP contribution in [-0.2, 0) is 0 Å². The summed E-state index contributed by atoms with van der Waals surface area (Å²) in [6.45, 7) is 11.1. The van der Waals surface area contributed by atoms with Gasteiger partial charge in [-0.25, -0.2) is 0 Å². The van der Waals surface area contributed by atoms with Crippen molar-refractivity contribution in [2.24, 2.45) is 0 Å². The fourth-order valence-electron chi connectivity index (χ4n) is 1.39. The van der Waals surface area contributed by atoms with Gasteiger partial charge in [-0.05, 0) is 34.1 Å². The van der Waals surface area contributed by atoms with Gasteiger partial charge in [0, 0.05) is 15.9 Å². The van der Waals surface area contributed by atoms with E-state index in [1.807, 2.05) is 0 Å². The van der Waals surface area contributed by atoms with Crippen molar-refractivity contribution >= 4 is 15.9 Å². The van der Waals surface area contributed by atoms with Gasteiger partial charge in [-0.2, -0.15) is 0 Å². The molecule has 0 fully saturated rings. The summed E-state index contributed by atoms with van der Waals surface area (Å²) in [7, 11) is 3.17. The molecule has 68 valence electrons. The number of rotatable bonds is 4. The Morgan fingerprint density at radius 1 is 1.09 bits per heavy atom. The van der Waals surface area contributed by atoms with Crippen LogP contribution in [0, 0.1) is 0 Å². The second-order valence-electron chi connectivity index (χ2n) is 3.83. The minimum Gasteiger partial charge on any atom is -0.0614 e. The Morgan fingerprint density at radius 2 is 1.45 bits per heavy atom. The van der Waals surface area contributed by atoms with E-state index in [-0.39, 0.29) is 0 Å². The van der Waals surface area contributed by atoms with Crippen LogP contribution < -0.4 is 0 Å². The lowest BCUT2D eigenvalue weighted by atomic mass is 10.1. The van der Waals surface area contributed by atoms with Crippen LogP contribution in [0.2, 0.25) is 0 Å². The predicted octanol–water partition coefficient (Wildman–Crippen LogP) is 4.02. The molecular formula is C9H23P2+. The molecule has 0 radical (unpaired) electrons. The van der Waals surface area contributed by atoms with E-state index in [4.69, 9.17) is 0 Å². The maximum absolute atomic E-state index is 3.17. The van der Waals surface area contributed by atoms with Crippen LogP contribution in [0.3, 0.4) is 0 Å². The Labute approximate surface area is 75.0 Å². The van der Waals surface area contributed by atoms with Crippen LogP contribution in [-0.4, -0.2) is 17.5 Å². The van der Waals surface area contributed by atoms with Crippen molar-refractivity contribution in [2.45, 2.75) is 46.2 Å². The highest BCUT2D eigenvalue weighted by Gasteiger charge is 2.43. The van der Waals surface area contributed by atoms with Crippen molar-refractivity contribution in [1.29, 1.82) is 0 Å². The molecular weight excluding hydrogens is 170 g/mol. The molecule has 0 aromatic heterocycles. The van der Waals surface area contributed by atoms with E-state index in [0.29, 0.717) is 5.16 Å². The van der Waals surface area contributed by atoms with Crippen molar-refractivity contribution < 1.29 is 0 Å². The van der Waals surface area contributed by atoms with E-state index in [9.17, 15) is 0 Å². The smallest absolute Gasteiger partial charge is 0.0614 e. The molecule has 0 aromatic rings. The zero-order valence-corrected chi connectivity index (χ0v) is 10.7. The average molecular weight is 193 g/mol. The zero-order chi connectivity index (χ0) is 9.12. The fourth-order valence-corrected chi connectivity index (χ4v) is 4.73. The normalized spacial score (nSPS) is 13.6. The SMILES string of the molecule is CCC(C)(C)[P+](P)(CC)CC. The highest BCUT2D eigenvalue weighted by atomic mass is 32.1. The summed E-state index contributed by atoms with van der Waals surface area (Å²) >= 11 is 0. The minimum absolute atomic E-state index is 0.571. The van der Waals surface area contributed by atoms with Crippen molar-refractivity contribution in [2.75, 3.05) is 12.3 Å². The molecule has 0 amide bonds. The van der Waals surface area contributed by atoms with Gasteiger partial charge in [0.15, 0.2) is 0 Å². The molecule has 0 saturated heterocycles. The van der Waals surface area contributed by atoms with Gasteiger partial charge in [0.2, 0.25) is 0 Å². The molecule has 11 heavy (non-hydrogen) atoms. The van der Waals surface area contributed by atoms with Gasteiger partial charge >= 0.3 is 0 Å². The maximum Gasteiger partial charge on any atom is 0.0758 e. The van der Waals surface area contributed by atoms with Crippen molar-refractivity contribution in [1.82, 2.24) is 0 Å². The predicted molar refractivity (Wildman–Crippen MR) is 62.1 cm³/mol. The van der Waals surface area contributed by atoms with Crippen molar-refractivity contribution in [3.05, 3.63) is 0 Å². The molecule has 0 rings (SSSR count). The summed E-state index contributed by atoms with van der Waals surface area (Å²) < 4.78 is 0. The highest BCUT2D eigenvalue weighted by molar-refractivity contribution is 8.25. The molecule has 1 atom stereocenters. The number of hydrogen-bond acceptors (Lipinski definition) is 0. The Balaban J connectivity index is 4.47. The van der Waals surface area contributed by atoms with E-state index >= 15 is 0 Å². The lowest BCUT2D eigenvalue weighted by Gasteiger charge is -2.35. The molecule has 2 heteroatoms. The molecule has 0 aliphatic heterocycles. The van der Waals surface area contributed by atoms with Gasteiger partial charge in [0.05, 0.1) is 17.5 Å². The Kier molecular flexibility index (Phi) is 4.53. The second-order valence-corrected chi connectivity index (χ2v) is 11.3. The summed E-state index contributed by atoms with van der Waals surface area (Å²) in [6, 6.07) is 0. The molecule has 0 N–H and O–H groups in total. The van der Waals surface area contributed by atoms with E-state index in [0.717, 1.165) is 0 Å². The Hall–Kier alpha value is 0.860. The quantitative estimate of drug-likeness (QED) is 0.591. The third kappa shape index (κ3) is 2.40. The molecule has 0 nitrogen and oxygen atoms in total. The van der Waals surface area contributed by atoms with Gasteiger partial charge in [0.25, 0.3) is 0 Å². The fraction of sp³-hybridized carbons (Fsp3) is 1.00. The van der Waals surface area contributed by atoms with Crippen molar-refractivity contribution in [3.8, 4) is 0 Å². The average Bonchev–Trinajstić information content (AvgIpc) is 2.02.